The predicted octanol–water partition coefficient (Wildman–Crippen LogP) is 3.46. The lowest BCUT2D eigenvalue weighted by Crippen LogP contribution is -2.38. The van der Waals surface area contributed by atoms with Crippen LogP contribution >= 0.6 is 35.3 Å². The van der Waals surface area contributed by atoms with Crippen molar-refractivity contribution < 1.29 is 9.53 Å². The second kappa shape index (κ2) is 12.2. The molecule has 8 nitrogen and oxygen atoms in total. The third-order valence-corrected chi connectivity index (χ3v) is 5.95. The number of carbonyl (C=O) groups excluding carboxylic acids is 1. The molecule has 0 radical (unpaired) electrons. The quantitative estimate of drug-likeness (QED) is 0.227. The third kappa shape index (κ3) is 6.66. The van der Waals surface area contributed by atoms with E-state index in [4.69, 9.17) is 9.73 Å². The SMILES string of the molecule is CCNC(=NCCc1c(C)nn(C)c1C)NC(C)c1nc(C)c(C(=O)OCC)s1.I. The number of hydrogen-bond donors (Lipinski definition) is 2. The average Bonchev–Trinajstić information content (AvgIpc) is 3.16. The molecule has 2 rings (SSSR count). The molecule has 2 aromatic rings. The lowest BCUT2D eigenvalue weighted by Gasteiger charge is -2.16. The van der Waals surface area contributed by atoms with E-state index in [1.807, 2.05) is 39.4 Å². The zero-order valence-electron chi connectivity index (χ0n) is 18.8. The number of carbonyl (C=O) groups is 1. The zero-order chi connectivity index (χ0) is 21.6. The molecule has 0 aliphatic carbocycles. The number of ether oxygens (including phenoxy) is 1. The van der Waals surface area contributed by atoms with Gasteiger partial charge in [0.1, 0.15) is 9.88 Å². The summed E-state index contributed by atoms with van der Waals surface area (Å²) in [7, 11) is 1.96. The highest BCUT2D eigenvalue weighted by Gasteiger charge is 2.20. The van der Waals surface area contributed by atoms with Crippen LogP contribution in [0.25, 0.3) is 0 Å². The molecule has 0 aliphatic heterocycles. The number of aromatic nitrogens is 3. The Hall–Kier alpha value is -1.69. The van der Waals surface area contributed by atoms with E-state index in [0.717, 1.165) is 29.6 Å². The molecule has 0 aliphatic rings. The van der Waals surface area contributed by atoms with Gasteiger partial charge in [-0.25, -0.2) is 9.78 Å². The molecule has 2 aromatic heterocycles. The number of halogens is 1. The van der Waals surface area contributed by atoms with Gasteiger partial charge in [-0.15, -0.1) is 35.3 Å². The summed E-state index contributed by atoms with van der Waals surface area (Å²) in [6, 6.07) is -0.0819. The molecule has 0 bridgehead atoms. The minimum absolute atomic E-state index is 0. The van der Waals surface area contributed by atoms with Crippen LogP contribution < -0.4 is 10.6 Å². The van der Waals surface area contributed by atoms with Gasteiger partial charge in [-0.3, -0.25) is 9.67 Å². The maximum Gasteiger partial charge on any atom is 0.350 e. The summed E-state index contributed by atoms with van der Waals surface area (Å²) >= 11 is 1.36. The molecule has 0 amide bonds. The number of esters is 1. The molecule has 0 aromatic carbocycles. The number of aliphatic imine (C=N–C) groups is 1. The van der Waals surface area contributed by atoms with Crippen molar-refractivity contribution in [2.45, 2.75) is 54.0 Å². The van der Waals surface area contributed by atoms with Crippen molar-refractivity contribution in [1.29, 1.82) is 0 Å². The smallest absolute Gasteiger partial charge is 0.350 e. The maximum absolute atomic E-state index is 12.0. The second-order valence-electron chi connectivity index (χ2n) is 6.84. The maximum atomic E-state index is 12.0. The predicted molar refractivity (Wildman–Crippen MR) is 132 cm³/mol. The summed E-state index contributed by atoms with van der Waals surface area (Å²) in [6.45, 7) is 13.5. The summed E-state index contributed by atoms with van der Waals surface area (Å²) in [5.74, 6) is 0.411. The van der Waals surface area contributed by atoms with E-state index in [2.05, 4.69) is 27.6 Å². The van der Waals surface area contributed by atoms with Crippen molar-refractivity contribution >= 4 is 47.2 Å². The van der Waals surface area contributed by atoms with Crippen LogP contribution in [0.5, 0.6) is 0 Å². The van der Waals surface area contributed by atoms with E-state index in [1.54, 1.807) is 6.92 Å². The normalized spacial score (nSPS) is 12.3. The average molecular weight is 548 g/mol. The van der Waals surface area contributed by atoms with Crippen LogP contribution in [0, 0.1) is 20.8 Å². The van der Waals surface area contributed by atoms with Gasteiger partial charge in [-0.1, -0.05) is 0 Å². The summed E-state index contributed by atoms with van der Waals surface area (Å²) in [6.07, 6.45) is 0.833. The number of nitrogens with zero attached hydrogens (tertiary/aromatic N) is 4. The molecule has 30 heavy (non-hydrogen) atoms. The first kappa shape index (κ1) is 26.3. The second-order valence-corrected chi connectivity index (χ2v) is 7.87. The van der Waals surface area contributed by atoms with Crippen LogP contribution in [-0.2, 0) is 18.2 Å². The largest absolute Gasteiger partial charge is 0.462 e. The number of aryl methyl sites for hydroxylation is 3. The summed E-state index contributed by atoms with van der Waals surface area (Å²) < 4.78 is 7.01. The Labute approximate surface area is 199 Å². The van der Waals surface area contributed by atoms with Crippen molar-refractivity contribution in [1.82, 2.24) is 25.4 Å². The van der Waals surface area contributed by atoms with Crippen LogP contribution in [0.2, 0.25) is 0 Å². The number of thiazole rings is 1. The molecule has 10 heteroatoms. The molecule has 0 fully saturated rings. The Bertz CT molecular complexity index is 877. The molecule has 0 spiro atoms. The molecule has 1 atom stereocenters. The Morgan fingerprint density at radius 3 is 2.53 bits per heavy atom. The van der Waals surface area contributed by atoms with E-state index >= 15 is 0 Å². The molecule has 1 unspecified atom stereocenters. The van der Waals surface area contributed by atoms with E-state index < -0.39 is 0 Å². The Balaban J connectivity index is 0.00000450. The van der Waals surface area contributed by atoms with Gasteiger partial charge in [0, 0.05) is 25.8 Å². The Morgan fingerprint density at radius 1 is 1.27 bits per heavy atom. The molecule has 2 heterocycles. The van der Waals surface area contributed by atoms with E-state index in [9.17, 15) is 4.79 Å². The van der Waals surface area contributed by atoms with Gasteiger partial charge in [0.05, 0.1) is 24.0 Å². The summed E-state index contributed by atoms with van der Waals surface area (Å²) in [5.41, 5.74) is 4.17. The lowest BCUT2D eigenvalue weighted by molar-refractivity contribution is 0.0531. The van der Waals surface area contributed by atoms with Crippen LogP contribution in [-0.4, -0.2) is 46.4 Å². The van der Waals surface area contributed by atoms with Gasteiger partial charge in [0.15, 0.2) is 5.96 Å². The molecule has 168 valence electrons. The van der Waals surface area contributed by atoms with Gasteiger partial charge in [0.2, 0.25) is 0 Å². The van der Waals surface area contributed by atoms with Crippen molar-refractivity contribution in [3.63, 3.8) is 0 Å². The highest BCUT2D eigenvalue weighted by molar-refractivity contribution is 14.0. The highest BCUT2D eigenvalue weighted by atomic mass is 127. The minimum Gasteiger partial charge on any atom is -0.462 e. The molecule has 0 saturated heterocycles. The topological polar surface area (TPSA) is 93.4 Å². The van der Waals surface area contributed by atoms with Gasteiger partial charge in [0.25, 0.3) is 0 Å². The number of guanidine groups is 1. The van der Waals surface area contributed by atoms with Crippen LogP contribution in [0.3, 0.4) is 0 Å². The number of rotatable bonds is 8. The summed E-state index contributed by atoms with van der Waals surface area (Å²) in [5, 5.41) is 11.9. The van der Waals surface area contributed by atoms with Crippen molar-refractivity contribution in [3.8, 4) is 0 Å². The fourth-order valence-electron chi connectivity index (χ4n) is 3.03. The molecule has 0 saturated carbocycles. The zero-order valence-corrected chi connectivity index (χ0v) is 22.0. The van der Waals surface area contributed by atoms with Gasteiger partial charge in [-0.05, 0) is 53.5 Å². The van der Waals surface area contributed by atoms with Gasteiger partial charge in [-0.2, -0.15) is 5.10 Å². The van der Waals surface area contributed by atoms with E-state index in [1.165, 1.54) is 22.6 Å². The Kier molecular flexibility index (Phi) is 10.7. The standard InChI is InChI=1S/C20H32N6O2S.HI/c1-8-21-20(22-11-10-16-12(3)25-26(7)15(16)6)24-14(5)18-23-13(4)17(29-18)19(27)28-9-2;/h14H,8-11H2,1-7H3,(H2,21,22,24);1H. The van der Waals surface area contributed by atoms with Crippen LogP contribution in [0.15, 0.2) is 4.99 Å². The van der Waals surface area contributed by atoms with Crippen molar-refractivity contribution in [3.05, 3.63) is 32.5 Å². The van der Waals surface area contributed by atoms with Crippen LogP contribution in [0.4, 0.5) is 0 Å². The van der Waals surface area contributed by atoms with Gasteiger partial charge >= 0.3 is 5.97 Å². The first-order valence-electron chi connectivity index (χ1n) is 9.96. The monoisotopic (exact) mass is 548 g/mol. The minimum atomic E-state index is -0.316. The number of hydrogen-bond acceptors (Lipinski definition) is 6. The van der Waals surface area contributed by atoms with Crippen molar-refractivity contribution in [2.24, 2.45) is 12.0 Å². The van der Waals surface area contributed by atoms with E-state index in [-0.39, 0.29) is 36.0 Å². The third-order valence-electron chi connectivity index (χ3n) is 4.63. The first-order chi connectivity index (χ1) is 13.8. The highest BCUT2D eigenvalue weighted by Crippen LogP contribution is 2.24. The first-order valence-corrected chi connectivity index (χ1v) is 10.8. The lowest BCUT2D eigenvalue weighted by atomic mass is 10.1. The molecule has 2 N–H and O–H groups in total. The fourth-order valence-corrected chi connectivity index (χ4v) is 4.00. The van der Waals surface area contributed by atoms with E-state index in [0.29, 0.717) is 23.7 Å². The Morgan fingerprint density at radius 2 is 1.97 bits per heavy atom. The number of nitrogens with one attached hydrogen (secondary N) is 2. The van der Waals surface area contributed by atoms with Crippen molar-refractivity contribution in [2.75, 3.05) is 19.7 Å². The van der Waals surface area contributed by atoms with Crippen LogP contribution in [0.1, 0.15) is 64.1 Å². The van der Waals surface area contributed by atoms with Gasteiger partial charge < -0.3 is 15.4 Å². The fraction of sp³-hybridized carbons (Fsp3) is 0.600. The molecular weight excluding hydrogens is 515 g/mol. The summed E-state index contributed by atoms with van der Waals surface area (Å²) in [4.78, 5) is 21.8. The molecular formula is C20H33IN6O2S.